The molecule has 0 aromatic heterocycles. The predicted molar refractivity (Wildman–Crippen MR) is 119 cm³/mol. The summed E-state index contributed by atoms with van der Waals surface area (Å²) in [5.41, 5.74) is 1.50. The summed E-state index contributed by atoms with van der Waals surface area (Å²) >= 11 is 0. The van der Waals surface area contributed by atoms with Crippen LogP contribution in [-0.4, -0.2) is 33.1 Å². The Kier molecular flexibility index (Phi) is 4.64. The Morgan fingerprint density at radius 3 is 2.25 bits per heavy atom. The number of hydrogen-bond donors (Lipinski definition) is 0. The second-order valence-corrected chi connectivity index (χ2v) is 7.68. The van der Waals surface area contributed by atoms with Gasteiger partial charge in [-0.05, 0) is 24.3 Å². The summed E-state index contributed by atoms with van der Waals surface area (Å²) in [6.07, 6.45) is 0. The van der Waals surface area contributed by atoms with Crippen LogP contribution in [-0.2, 0) is 21.9 Å². The van der Waals surface area contributed by atoms with Crippen LogP contribution in [0, 0.1) is 0 Å². The maximum Gasteiger partial charge on any atom is 0.285 e. The van der Waals surface area contributed by atoms with Gasteiger partial charge in [0.15, 0.2) is 0 Å². The number of fused-ring (bicyclic) bond motifs is 3. The van der Waals surface area contributed by atoms with E-state index in [-0.39, 0.29) is 12.5 Å². The molecule has 0 bridgehead atoms. The highest BCUT2D eigenvalue weighted by Gasteiger charge is 2.59. The summed E-state index contributed by atoms with van der Waals surface area (Å²) in [6, 6.07) is 19.8. The van der Waals surface area contributed by atoms with Gasteiger partial charge in [-0.25, -0.2) is 0 Å². The summed E-state index contributed by atoms with van der Waals surface area (Å²) in [4.78, 5) is 30.8. The van der Waals surface area contributed by atoms with E-state index in [2.05, 4.69) is 0 Å². The van der Waals surface area contributed by atoms with Crippen molar-refractivity contribution in [3.63, 3.8) is 0 Å². The number of carbonyl (C=O) groups excluding carboxylic acids is 2. The monoisotopic (exact) mass is 430 g/mol. The molecule has 1 unspecified atom stereocenters. The van der Waals surface area contributed by atoms with Crippen LogP contribution < -0.4 is 19.3 Å². The number of nitrogens with zero attached hydrogens (tertiary/aromatic N) is 2. The number of amides is 2. The Labute approximate surface area is 185 Å². The number of carbonyl (C=O) groups is 2. The summed E-state index contributed by atoms with van der Waals surface area (Å²) in [5.74, 6) is 0.232. The van der Waals surface area contributed by atoms with Gasteiger partial charge in [0.1, 0.15) is 11.5 Å². The van der Waals surface area contributed by atoms with Gasteiger partial charge in [-0.3, -0.25) is 14.5 Å². The lowest BCUT2D eigenvalue weighted by Crippen LogP contribution is -2.59. The molecular weight excluding hydrogens is 408 g/mol. The second-order valence-electron chi connectivity index (χ2n) is 7.68. The van der Waals surface area contributed by atoms with E-state index in [0.717, 1.165) is 5.56 Å². The third-order valence-electron chi connectivity index (χ3n) is 6.01. The molecule has 7 heteroatoms. The molecule has 2 aliphatic heterocycles. The number of methoxy groups -OCH3 is 2. The van der Waals surface area contributed by atoms with Gasteiger partial charge in [0.25, 0.3) is 17.5 Å². The fourth-order valence-corrected chi connectivity index (χ4v) is 4.44. The molecule has 162 valence electrons. The zero-order chi connectivity index (χ0) is 22.5. The predicted octanol–water partition coefficient (Wildman–Crippen LogP) is 3.71. The molecule has 0 radical (unpaired) electrons. The van der Waals surface area contributed by atoms with Crippen LogP contribution >= 0.6 is 0 Å². The standard InChI is InChI=1S/C25H22N2O5/c1-26-22-11-7-5-9-20(22)25(24(26)29)27(21-10-6-4-8-16(21)15-32-25)23(28)17-12-18(30-2)14-19(13-17)31-3/h4-14H,15H2,1-3H3. The molecule has 1 spiro atoms. The Hall–Kier alpha value is -3.84. The Bertz CT molecular complexity index is 1220. The third-order valence-corrected chi connectivity index (χ3v) is 6.01. The van der Waals surface area contributed by atoms with Crippen LogP contribution in [0.4, 0.5) is 11.4 Å². The third kappa shape index (κ3) is 2.71. The molecule has 0 saturated heterocycles. The second kappa shape index (κ2) is 7.39. The minimum absolute atomic E-state index is 0.204. The van der Waals surface area contributed by atoms with E-state index >= 15 is 0 Å². The van der Waals surface area contributed by atoms with Gasteiger partial charge in [0.05, 0.1) is 32.2 Å². The van der Waals surface area contributed by atoms with Crippen LogP contribution in [0.5, 0.6) is 11.5 Å². The van der Waals surface area contributed by atoms with E-state index in [1.54, 1.807) is 25.2 Å². The van der Waals surface area contributed by atoms with E-state index in [1.165, 1.54) is 24.0 Å². The van der Waals surface area contributed by atoms with Crippen molar-refractivity contribution in [1.29, 1.82) is 0 Å². The molecule has 5 rings (SSSR count). The fourth-order valence-electron chi connectivity index (χ4n) is 4.44. The Morgan fingerprint density at radius 1 is 0.938 bits per heavy atom. The van der Waals surface area contributed by atoms with Crippen molar-refractivity contribution in [2.75, 3.05) is 31.1 Å². The molecule has 0 aliphatic carbocycles. The van der Waals surface area contributed by atoms with Crippen molar-refractivity contribution in [1.82, 2.24) is 0 Å². The molecular formula is C25H22N2O5. The first-order chi connectivity index (χ1) is 15.5. The molecule has 3 aromatic rings. The normalized spacial score (nSPS) is 19.0. The van der Waals surface area contributed by atoms with E-state index in [0.29, 0.717) is 34.0 Å². The summed E-state index contributed by atoms with van der Waals surface area (Å²) in [5, 5.41) is 0. The maximum absolute atomic E-state index is 14.1. The molecule has 2 heterocycles. The minimum Gasteiger partial charge on any atom is -0.497 e. The van der Waals surface area contributed by atoms with E-state index in [1.807, 2.05) is 48.5 Å². The highest BCUT2D eigenvalue weighted by molar-refractivity contribution is 6.17. The van der Waals surface area contributed by atoms with E-state index < -0.39 is 11.6 Å². The number of rotatable bonds is 3. The highest BCUT2D eigenvalue weighted by Crippen LogP contribution is 2.50. The topological polar surface area (TPSA) is 68.3 Å². The molecule has 32 heavy (non-hydrogen) atoms. The molecule has 2 aliphatic rings. The van der Waals surface area contributed by atoms with Gasteiger partial charge in [-0.15, -0.1) is 0 Å². The van der Waals surface area contributed by atoms with Crippen molar-refractivity contribution in [3.8, 4) is 11.5 Å². The quantitative estimate of drug-likeness (QED) is 0.634. The van der Waals surface area contributed by atoms with Crippen LogP contribution in [0.1, 0.15) is 21.5 Å². The summed E-state index contributed by atoms with van der Waals surface area (Å²) in [7, 11) is 4.74. The van der Waals surface area contributed by atoms with Gasteiger partial charge in [-0.1, -0.05) is 36.4 Å². The first kappa shape index (κ1) is 20.1. The molecule has 3 aromatic carbocycles. The van der Waals surface area contributed by atoms with Crippen molar-refractivity contribution in [2.24, 2.45) is 0 Å². The molecule has 0 saturated carbocycles. The lowest BCUT2D eigenvalue weighted by molar-refractivity contribution is -0.146. The van der Waals surface area contributed by atoms with E-state index in [9.17, 15) is 9.59 Å². The van der Waals surface area contributed by atoms with Crippen LogP contribution in [0.15, 0.2) is 66.7 Å². The first-order valence-electron chi connectivity index (χ1n) is 10.2. The van der Waals surface area contributed by atoms with Crippen molar-refractivity contribution < 1.29 is 23.8 Å². The van der Waals surface area contributed by atoms with E-state index in [4.69, 9.17) is 14.2 Å². The van der Waals surface area contributed by atoms with Crippen LogP contribution in [0.3, 0.4) is 0 Å². The summed E-state index contributed by atoms with van der Waals surface area (Å²) < 4.78 is 17.0. The average Bonchev–Trinajstić information content (AvgIpc) is 3.05. The zero-order valence-electron chi connectivity index (χ0n) is 18.0. The average molecular weight is 430 g/mol. The lowest BCUT2D eigenvalue weighted by atomic mass is 9.96. The minimum atomic E-state index is -1.60. The number of likely N-dealkylation sites (N-methyl/N-ethyl adjacent to an activating group) is 1. The molecule has 2 amide bonds. The largest absolute Gasteiger partial charge is 0.497 e. The van der Waals surface area contributed by atoms with Gasteiger partial charge in [0, 0.05) is 29.8 Å². The van der Waals surface area contributed by atoms with Crippen LogP contribution in [0.2, 0.25) is 0 Å². The number of para-hydroxylation sites is 2. The molecule has 0 N–H and O–H groups in total. The number of benzene rings is 3. The SMILES string of the molecule is COc1cc(OC)cc(C(=O)N2c3ccccc3COC23C(=O)N(C)c2ccccc23)c1. The maximum atomic E-state index is 14.1. The fraction of sp³-hybridized carbons (Fsp3) is 0.200. The van der Waals surface area contributed by atoms with Gasteiger partial charge in [0.2, 0.25) is 0 Å². The number of hydrogen-bond acceptors (Lipinski definition) is 5. The smallest absolute Gasteiger partial charge is 0.285 e. The van der Waals surface area contributed by atoms with Crippen molar-refractivity contribution >= 4 is 23.2 Å². The summed E-state index contributed by atoms with van der Waals surface area (Å²) in [6.45, 7) is 0.204. The van der Waals surface area contributed by atoms with Crippen molar-refractivity contribution in [2.45, 2.75) is 12.3 Å². The molecule has 1 atom stereocenters. The molecule has 0 fully saturated rings. The number of ether oxygens (including phenoxy) is 3. The van der Waals surface area contributed by atoms with Crippen LogP contribution in [0.25, 0.3) is 0 Å². The van der Waals surface area contributed by atoms with Gasteiger partial charge in [-0.2, -0.15) is 0 Å². The van der Waals surface area contributed by atoms with Gasteiger partial charge >= 0.3 is 0 Å². The number of anilines is 2. The first-order valence-corrected chi connectivity index (χ1v) is 10.2. The Morgan fingerprint density at radius 2 is 1.56 bits per heavy atom. The van der Waals surface area contributed by atoms with Gasteiger partial charge < -0.3 is 19.1 Å². The zero-order valence-corrected chi connectivity index (χ0v) is 18.0. The lowest BCUT2D eigenvalue weighted by Gasteiger charge is -2.43. The highest BCUT2D eigenvalue weighted by atomic mass is 16.5. The molecule has 7 nitrogen and oxygen atoms in total. The Balaban J connectivity index is 1.76. The van der Waals surface area contributed by atoms with Crippen molar-refractivity contribution in [3.05, 3.63) is 83.4 Å².